The van der Waals surface area contributed by atoms with Crippen LogP contribution in [-0.2, 0) is 0 Å². The molecule has 1 unspecified atom stereocenters. The van der Waals surface area contributed by atoms with Gasteiger partial charge in [0, 0.05) is 11.6 Å². The van der Waals surface area contributed by atoms with E-state index in [1.807, 2.05) is 25.1 Å². The molecule has 1 N–H and O–H groups in total. The highest BCUT2D eigenvalue weighted by atomic mass is 32.1. The maximum absolute atomic E-state index is 9.73. The highest BCUT2D eigenvalue weighted by molar-refractivity contribution is 7.15. The first-order valence-electron chi connectivity index (χ1n) is 6.16. The van der Waals surface area contributed by atoms with Crippen LogP contribution in [0.1, 0.15) is 23.6 Å². The number of hydrogen-bond acceptors (Lipinski definition) is 4. The van der Waals surface area contributed by atoms with Crippen molar-refractivity contribution in [3.8, 4) is 10.7 Å². The predicted molar refractivity (Wildman–Crippen MR) is 78.2 cm³/mol. The third-order valence-corrected chi connectivity index (χ3v) is 4.42. The van der Waals surface area contributed by atoms with Crippen molar-refractivity contribution in [2.75, 3.05) is 0 Å². The summed E-state index contributed by atoms with van der Waals surface area (Å²) in [4.78, 5) is 9.91. The molecule has 0 saturated heterocycles. The fourth-order valence-electron chi connectivity index (χ4n) is 2.19. The molecule has 0 saturated carbocycles. The first kappa shape index (κ1) is 12.3. The van der Waals surface area contributed by atoms with Crippen LogP contribution < -0.4 is 0 Å². The normalized spacial score (nSPS) is 12.8. The Bertz CT molecular complexity index is 729. The second kappa shape index (κ2) is 4.72. The Morgan fingerprint density at radius 2 is 2.00 bits per heavy atom. The third-order valence-electron chi connectivity index (χ3n) is 3.09. The summed E-state index contributed by atoms with van der Waals surface area (Å²) in [5.74, 6) is 0. The van der Waals surface area contributed by atoms with Gasteiger partial charge in [-0.1, -0.05) is 24.3 Å². The Hall–Kier alpha value is -1.78. The van der Waals surface area contributed by atoms with Gasteiger partial charge in [-0.3, -0.25) is 4.98 Å². The smallest absolute Gasteiger partial charge is 0.143 e. The molecule has 1 atom stereocenters. The minimum Gasteiger partial charge on any atom is -0.388 e. The van der Waals surface area contributed by atoms with Crippen LogP contribution in [-0.4, -0.2) is 15.1 Å². The Balaban J connectivity index is 2.22. The molecule has 2 aromatic heterocycles. The van der Waals surface area contributed by atoms with Crippen LogP contribution in [0.4, 0.5) is 0 Å². The van der Waals surface area contributed by atoms with Crippen molar-refractivity contribution in [3.05, 3.63) is 47.1 Å². The van der Waals surface area contributed by atoms with E-state index in [0.717, 1.165) is 32.0 Å². The zero-order valence-electron chi connectivity index (χ0n) is 10.8. The Labute approximate surface area is 115 Å². The van der Waals surface area contributed by atoms with Crippen molar-refractivity contribution in [2.45, 2.75) is 20.0 Å². The molecule has 0 bridgehead atoms. The number of aliphatic hydroxyl groups excluding tert-OH is 1. The van der Waals surface area contributed by atoms with E-state index in [2.05, 4.69) is 22.1 Å². The first-order valence-corrected chi connectivity index (χ1v) is 6.98. The van der Waals surface area contributed by atoms with Gasteiger partial charge in [-0.2, -0.15) is 0 Å². The molecule has 19 heavy (non-hydrogen) atoms. The topological polar surface area (TPSA) is 46.0 Å². The Morgan fingerprint density at radius 1 is 1.21 bits per heavy atom. The maximum Gasteiger partial charge on any atom is 0.143 e. The lowest BCUT2D eigenvalue weighted by Crippen LogP contribution is -1.88. The molecule has 96 valence electrons. The van der Waals surface area contributed by atoms with Gasteiger partial charge in [0.1, 0.15) is 10.7 Å². The van der Waals surface area contributed by atoms with Gasteiger partial charge in [-0.15, -0.1) is 11.3 Å². The average Bonchev–Trinajstić information content (AvgIpc) is 2.80. The summed E-state index contributed by atoms with van der Waals surface area (Å²) in [5.41, 5.74) is 1.77. The minimum absolute atomic E-state index is 0.485. The van der Waals surface area contributed by atoms with Gasteiger partial charge in [0.2, 0.25) is 0 Å². The van der Waals surface area contributed by atoms with E-state index in [0.29, 0.717) is 0 Å². The molecule has 0 spiro atoms. The summed E-state index contributed by atoms with van der Waals surface area (Å²) in [6.45, 7) is 3.69. The van der Waals surface area contributed by atoms with Crippen molar-refractivity contribution in [3.63, 3.8) is 0 Å². The number of hydrogen-bond donors (Lipinski definition) is 1. The molecule has 0 amide bonds. The summed E-state index contributed by atoms with van der Waals surface area (Å²) in [6.07, 6.45) is 1.32. The summed E-state index contributed by atoms with van der Waals surface area (Å²) in [6, 6.07) is 10.1. The van der Waals surface area contributed by atoms with E-state index in [-0.39, 0.29) is 0 Å². The lowest BCUT2D eigenvalue weighted by atomic mass is 10.1. The summed E-state index contributed by atoms with van der Waals surface area (Å²) < 4.78 is 0. The van der Waals surface area contributed by atoms with E-state index < -0.39 is 6.10 Å². The van der Waals surface area contributed by atoms with Crippen molar-refractivity contribution < 1.29 is 5.11 Å². The number of pyridine rings is 1. The first-order chi connectivity index (χ1) is 9.16. The third kappa shape index (κ3) is 2.13. The van der Waals surface area contributed by atoms with Crippen LogP contribution in [0.25, 0.3) is 21.5 Å². The van der Waals surface area contributed by atoms with E-state index in [1.54, 1.807) is 13.1 Å². The number of thiazole rings is 1. The molecule has 0 aliphatic rings. The lowest BCUT2D eigenvalue weighted by molar-refractivity contribution is 0.202. The van der Waals surface area contributed by atoms with Crippen LogP contribution in [0.15, 0.2) is 36.5 Å². The standard InChI is InChI=1S/C15H14N2OS/c1-9-14(10(2)18)19-15(17-9)13-12-6-4-3-5-11(12)7-8-16-13/h3-8,10,18H,1-2H3. The zero-order valence-corrected chi connectivity index (χ0v) is 11.6. The predicted octanol–water partition coefficient (Wildman–Crippen LogP) is 3.72. The van der Waals surface area contributed by atoms with E-state index >= 15 is 0 Å². The molecule has 3 nitrogen and oxygen atoms in total. The monoisotopic (exact) mass is 270 g/mol. The second-order valence-electron chi connectivity index (χ2n) is 4.53. The molecular formula is C15H14N2OS. The summed E-state index contributed by atoms with van der Waals surface area (Å²) >= 11 is 1.51. The van der Waals surface area contributed by atoms with Crippen molar-refractivity contribution in [1.82, 2.24) is 9.97 Å². The number of aromatic nitrogens is 2. The fraction of sp³-hybridized carbons (Fsp3) is 0.200. The number of nitrogens with zero attached hydrogens (tertiary/aromatic N) is 2. The van der Waals surface area contributed by atoms with Crippen LogP contribution in [0.2, 0.25) is 0 Å². The molecule has 0 aliphatic heterocycles. The summed E-state index contributed by atoms with van der Waals surface area (Å²) in [5, 5.41) is 12.8. The highest BCUT2D eigenvalue weighted by Gasteiger charge is 2.15. The van der Waals surface area contributed by atoms with Crippen molar-refractivity contribution in [2.24, 2.45) is 0 Å². The molecule has 2 heterocycles. The van der Waals surface area contributed by atoms with E-state index in [4.69, 9.17) is 0 Å². The molecule has 0 aliphatic carbocycles. The van der Waals surface area contributed by atoms with Gasteiger partial charge < -0.3 is 5.11 Å². The van der Waals surface area contributed by atoms with Crippen molar-refractivity contribution >= 4 is 22.1 Å². The number of benzene rings is 1. The van der Waals surface area contributed by atoms with E-state index in [1.165, 1.54) is 11.3 Å². The van der Waals surface area contributed by atoms with Gasteiger partial charge in [-0.25, -0.2) is 4.98 Å². The fourth-order valence-corrected chi connectivity index (χ4v) is 3.20. The van der Waals surface area contributed by atoms with Crippen LogP contribution in [0.5, 0.6) is 0 Å². The molecule has 3 rings (SSSR count). The minimum atomic E-state index is -0.485. The Morgan fingerprint density at radius 3 is 2.74 bits per heavy atom. The molecule has 0 radical (unpaired) electrons. The zero-order chi connectivity index (χ0) is 13.4. The van der Waals surface area contributed by atoms with Crippen LogP contribution in [0.3, 0.4) is 0 Å². The number of rotatable bonds is 2. The van der Waals surface area contributed by atoms with Gasteiger partial charge in [0.05, 0.1) is 16.7 Å². The van der Waals surface area contributed by atoms with Crippen LogP contribution >= 0.6 is 11.3 Å². The average molecular weight is 270 g/mol. The quantitative estimate of drug-likeness (QED) is 0.772. The number of fused-ring (bicyclic) bond motifs is 1. The SMILES string of the molecule is Cc1nc(-c2nccc3ccccc23)sc1C(C)O. The number of aryl methyl sites for hydroxylation is 1. The lowest BCUT2D eigenvalue weighted by Gasteiger charge is -2.02. The largest absolute Gasteiger partial charge is 0.388 e. The van der Waals surface area contributed by atoms with E-state index in [9.17, 15) is 5.11 Å². The molecular weight excluding hydrogens is 256 g/mol. The molecule has 3 aromatic rings. The molecule has 0 fully saturated rings. The van der Waals surface area contributed by atoms with Crippen molar-refractivity contribution in [1.29, 1.82) is 0 Å². The van der Waals surface area contributed by atoms with Crippen LogP contribution in [0, 0.1) is 6.92 Å². The molecule has 1 aromatic carbocycles. The highest BCUT2D eigenvalue weighted by Crippen LogP contribution is 2.33. The summed E-state index contributed by atoms with van der Waals surface area (Å²) in [7, 11) is 0. The Kier molecular flexibility index (Phi) is 3.05. The van der Waals surface area contributed by atoms with Gasteiger partial charge in [-0.05, 0) is 25.3 Å². The van der Waals surface area contributed by atoms with Gasteiger partial charge in [0.25, 0.3) is 0 Å². The maximum atomic E-state index is 9.73. The number of aliphatic hydroxyl groups is 1. The van der Waals surface area contributed by atoms with Gasteiger partial charge >= 0.3 is 0 Å². The second-order valence-corrected chi connectivity index (χ2v) is 5.56. The van der Waals surface area contributed by atoms with Gasteiger partial charge in [0.15, 0.2) is 0 Å². The molecule has 4 heteroatoms.